The van der Waals surface area contributed by atoms with Crippen molar-refractivity contribution >= 4 is 27.6 Å². The Kier molecular flexibility index (Phi) is 4.38. The van der Waals surface area contributed by atoms with Gasteiger partial charge in [-0.15, -0.1) is 0 Å². The first-order valence-electron chi connectivity index (χ1n) is 8.43. The Balaban J connectivity index is 1.80. The van der Waals surface area contributed by atoms with Crippen molar-refractivity contribution in [2.24, 2.45) is 0 Å². The summed E-state index contributed by atoms with van der Waals surface area (Å²) in [6, 6.07) is 18.5. The van der Waals surface area contributed by atoms with Gasteiger partial charge in [0.1, 0.15) is 5.75 Å². The molecule has 0 spiro atoms. The lowest BCUT2D eigenvalue weighted by atomic mass is 10.0. The molecule has 134 valence electrons. The van der Waals surface area contributed by atoms with Crippen LogP contribution < -0.4 is 9.68 Å². The minimum absolute atomic E-state index is 0.377. The summed E-state index contributed by atoms with van der Waals surface area (Å²) in [6.45, 7) is 3.91. The van der Waals surface area contributed by atoms with Gasteiger partial charge in [0.05, 0.1) is 10.3 Å². The third kappa shape index (κ3) is 3.55. The Labute approximate surface area is 159 Å². The standard InChI is InChI=1S/C22H16O4S/c1-13-5-3-7-15(9-13)18-11-17(12-19-20(18)26-22(24)27-19)25-21(23)16-8-4-6-14(2)10-16/h3-12H,1-2H3. The Morgan fingerprint density at radius 3 is 2.44 bits per heavy atom. The normalized spacial score (nSPS) is 10.9. The number of hydrogen-bond donors (Lipinski definition) is 0. The third-order valence-corrected chi connectivity index (χ3v) is 4.97. The molecule has 4 aromatic rings. The fourth-order valence-electron chi connectivity index (χ4n) is 2.98. The minimum Gasteiger partial charge on any atom is -0.423 e. The van der Waals surface area contributed by atoms with Crippen LogP contribution in [0.3, 0.4) is 0 Å². The van der Waals surface area contributed by atoms with Gasteiger partial charge in [0.2, 0.25) is 0 Å². The monoisotopic (exact) mass is 376 g/mol. The first-order valence-corrected chi connectivity index (χ1v) is 9.25. The van der Waals surface area contributed by atoms with Crippen molar-refractivity contribution in [1.82, 2.24) is 0 Å². The summed E-state index contributed by atoms with van der Waals surface area (Å²) in [5, 5.41) is 0. The third-order valence-electron chi connectivity index (χ3n) is 4.20. The van der Waals surface area contributed by atoms with Gasteiger partial charge in [-0.2, -0.15) is 0 Å². The predicted octanol–water partition coefficient (Wildman–Crippen LogP) is 5.36. The van der Waals surface area contributed by atoms with Crippen LogP contribution in [0.4, 0.5) is 0 Å². The molecule has 0 saturated carbocycles. The SMILES string of the molecule is Cc1cccc(C(=O)Oc2cc(-c3cccc(C)c3)c3oc(=O)sc3c2)c1. The second kappa shape index (κ2) is 6.85. The average Bonchev–Trinajstić information content (AvgIpc) is 3.01. The Bertz CT molecular complexity index is 1220. The number of aryl methyl sites for hydroxylation is 2. The van der Waals surface area contributed by atoms with E-state index in [1.807, 2.05) is 50.2 Å². The summed E-state index contributed by atoms with van der Waals surface area (Å²) in [5.74, 6) is -0.0633. The van der Waals surface area contributed by atoms with Gasteiger partial charge in [-0.1, -0.05) is 58.9 Å². The average molecular weight is 376 g/mol. The molecule has 4 rings (SSSR count). The van der Waals surface area contributed by atoms with Crippen LogP contribution in [-0.2, 0) is 0 Å². The van der Waals surface area contributed by atoms with E-state index in [0.717, 1.165) is 33.6 Å². The van der Waals surface area contributed by atoms with Crippen molar-refractivity contribution in [2.75, 3.05) is 0 Å². The fourth-order valence-corrected chi connectivity index (χ4v) is 3.70. The largest absolute Gasteiger partial charge is 0.423 e. The number of carbonyl (C=O) groups is 1. The van der Waals surface area contributed by atoms with Crippen LogP contribution in [0.1, 0.15) is 21.5 Å². The van der Waals surface area contributed by atoms with Gasteiger partial charge < -0.3 is 9.15 Å². The van der Waals surface area contributed by atoms with Crippen LogP contribution >= 0.6 is 11.3 Å². The Hall–Kier alpha value is -3.18. The highest BCUT2D eigenvalue weighted by molar-refractivity contribution is 7.16. The van der Waals surface area contributed by atoms with Crippen LogP contribution in [-0.4, -0.2) is 5.97 Å². The summed E-state index contributed by atoms with van der Waals surface area (Å²) in [4.78, 5) is 23.9. The first kappa shape index (κ1) is 17.2. The number of fused-ring (bicyclic) bond motifs is 1. The zero-order valence-corrected chi connectivity index (χ0v) is 15.6. The second-order valence-electron chi connectivity index (χ2n) is 6.38. The highest BCUT2D eigenvalue weighted by Crippen LogP contribution is 2.35. The summed E-state index contributed by atoms with van der Waals surface area (Å²) in [7, 11) is 0. The maximum atomic E-state index is 12.5. The highest BCUT2D eigenvalue weighted by atomic mass is 32.1. The van der Waals surface area contributed by atoms with E-state index in [1.54, 1.807) is 24.3 Å². The van der Waals surface area contributed by atoms with Gasteiger partial charge in [-0.05, 0) is 37.6 Å². The van der Waals surface area contributed by atoms with Crippen LogP contribution in [0.2, 0.25) is 0 Å². The molecule has 1 heterocycles. The Morgan fingerprint density at radius 1 is 0.963 bits per heavy atom. The topological polar surface area (TPSA) is 56.5 Å². The van der Waals surface area contributed by atoms with Crippen molar-refractivity contribution in [3.05, 3.63) is 87.1 Å². The van der Waals surface area contributed by atoms with E-state index in [0.29, 0.717) is 21.6 Å². The Morgan fingerprint density at radius 2 is 1.70 bits per heavy atom. The zero-order chi connectivity index (χ0) is 19.0. The first-order chi connectivity index (χ1) is 13.0. The summed E-state index contributed by atoms with van der Waals surface area (Å²) >= 11 is 0.991. The van der Waals surface area contributed by atoms with Gasteiger partial charge in [0, 0.05) is 11.6 Å². The summed E-state index contributed by atoms with van der Waals surface area (Å²) < 4.78 is 11.6. The van der Waals surface area contributed by atoms with E-state index >= 15 is 0 Å². The van der Waals surface area contributed by atoms with E-state index in [9.17, 15) is 9.59 Å². The molecule has 0 bridgehead atoms. The molecule has 0 aliphatic rings. The van der Waals surface area contributed by atoms with E-state index in [4.69, 9.17) is 9.15 Å². The molecule has 0 atom stereocenters. The molecule has 0 aliphatic heterocycles. The smallest absolute Gasteiger partial charge is 0.396 e. The molecular formula is C22H16O4S. The second-order valence-corrected chi connectivity index (χ2v) is 7.36. The maximum Gasteiger partial charge on any atom is 0.396 e. The quantitative estimate of drug-likeness (QED) is 0.357. The lowest BCUT2D eigenvalue weighted by molar-refractivity contribution is 0.0735. The van der Waals surface area contributed by atoms with Crippen molar-refractivity contribution in [2.45, 2.75) is 13.8 Å². The molecule has 4 nitrogen and oxygen atoms in total. The summed E-state index contributed by atoms with van der Waals surface area (Å²) in [6.07, 6.45) is 0. The van der Waals surface area contributed by atoms with Gasteiger partial charge >= 0.3 is 10.9 Å². The van der Waals surface area contributed by atoms with Gasteiger partial charge in [-0.25, -0.2) is 9.59 Å². The van der Waals surface area contributed by atoms with Gasteiger partial charge in [0.25, 0.3) is 0 Å². The van der Waals surface area contributed by atoms with Crippen LogP contribution in [0, 0.1) is 13.8 Å². The molecule has 0 unspecified atom stereocenters. The molecule has 0 N–H and O–H groups in total. The number of hydrogen-bond acceptors (Lipinski definition) is 5. The zero-order valence-electron chi connectivity index (χ0n) is 14.8. The van der Waals surface area contributed by atoms with Crippen molar-refractivity contribution in [3.8, 4) is 16.9 Å². The molecule has 1 aromatic heterocycles. The molecule has 27 heavy (non-hydrogen) atoms. The molecule has 0 fully saturated rings. The number of ether oxygens (including phenoxy) is 1. The lowest BCUT2D eigenvalue weighted by Crippen LogP contribution is -2.08. The van der Waals surface area contributed by atoms with Crippen molar-refractivity contribution in [3.63, 3.8) is 0 Å². The number of benzene rings is 3. The molecular weight excluding hydrogens is 360 g/mol. The molecule has 0 radical (unpaired) electrons. The van der Waals surface area contributed by atoms with Crippen LogP contribution in [0.15, 0.2) is 69.9 Å². The van der Waals surface area contributed by atoms with Gasteiger partial charge in [-0.3, -0.25) is 0 Å². The number of carbonyl (C=O) groups excluding carboxylic acids is 1. The van der Waals surface area contributed by atoms with E-state index in [2.05, 4.69) is 0 Å². The van der Waals surface area contributed by atoms with E-state index in [-0.39, 0.29) is 4.94 Å². The molecule has 0 amide bonds. The predicted molar refractivity (Wildman–Crippen MR) is 107 cm³/mol. The van der Waals surface area contributed by atoms with E-state index in [1.165, 1.54) is 0 Å². The molecule has 5 heteroatoms. The van der Waals surface area contributed by atoms with Gasteiger partial charge in [0.15, 0.2) is 5.58 Å². The molecule has 0 saturated heterocycles. The van der Waals surface area contributed by atoms with Crippen LogP contribution in [0.25, 0.3) is 21.4 Å². The fraction of sp³-hybridized carbons (Fsp3) is 0.0909. The van der Waals surface area contributed by atoms with Crippen LogP contribution in [0.5, 0.6) is 5.75 Å². The maximum absolute atomic E-state index is 12.5. The number of rotatable bonds is 3. The number of esters is 1. The summed E-state index contributed by atoms with van der Waals surface area (Å²) in [5.41, 5.74) is 4.67. The molecule has 0 aliphatic carbocycles. The van der Waals surface area contributed by atoms with E-state index < -0.39 is 5.97 Å². The highest BCUT2D eigenvalue weighted by Gasteiger charge is 2.16. The molecule has 3 aromatic carbocycles. The van der Waals surface area contributed by atoms with Crippen molar-refractivity contribution in [1.29, 1.82) is 0 Å². The lowest BCUT2D eigenvalue weighted by Gasteiger charge is -2.09. The minimum atomic E-state index is -0.441. The van der Waals surface area contributed by atoms with Crippen molar-refractivity contribution < 1.29 is 13.9 Å².